The lowest BCUT2D eigenvalue weighted by atomic mass is 10.2. The Morgan fingerprint density at radius 3 is 3.09 bits per heavy atom. The van der Waals surface area contributed by atoms with Crippen LogP contribution in [-0.4, -0.2) is 63.0 Å². The molecular weight excluding hydrogens is 314 g/mol. The average molecular weight is 333 g/mol. The molecule has 1 N–H and O–H groups in total. The number of aryl methyl sites for hydroxylation is 1. The van der Waals surface area contributed by atoms with Crippen LogP contribution in [0.3, 0.4) is 0 Å². The summed E-state index contributed by atoms with van der Waals surface area (Å²) in [4.78, 5) is 17.0. The first-order valence-corrected chi connectivity index (χ1v) is 8.63. The van der Waals surface area contributed by atoms with Gasteiger partial charge in [0, 0.05) is 38.9 Å². The summed E-state index contributed by atoms with van der Waals surface area (Å²) in [7, 11) is 1.78. The molecule has 2 aliphatic heterocycles. The van der Waals surface area contributed by atoms with Crippen LogP contribution in [0.1, 0.15) is 23.2 Å². The van der Waals surface area contributed by atoms with Crippen molar-refractivity contribution >= 4 is 27.5 Å². The first kappa shape index (κ1) is 14.6. The predicted molar refractivity (Wildman–Crippen MR) is 87.9 cm³/mol. The Kier molecular flexibility index (Phi) is 3.74. The molecule has 0 aliphatic carbocycles. The van der Waals surface area contributed by atoms with Crippen LogP contribution in [0.4, 0.5) is 10.3 Å². The summed E-state index contributed by atoms with van der Waals surface area (Å²) in [5, 5.41) is 16.6. The molecule has 122 valence electrons. The summed E-state index contributed by atoms with van der Waals surface area (Å²) in [6.45, 7) is 4.29. The van der Waals surface area contributed by atoms with Crippen LogP contribution in [0, 0.1) is 0 Å². The third-order valence-corrected chi connectivity index (χ3v) is 5.36. The van der Waals surface area contributed by atoms with E-state index in [1.165, 1.54) is 36.9 Å². The normalized spacial score (nSPS) is 21.4. The minimum absolute atomic E-state index is 0.207. The van der Waals surface area contributed by atoms with Crippen molar-refractivity contribution in [3.63, 3.8) is 0 Å². The summed E-state index contributed by atoms with van der Waals surface area (Å²) in [5.41, 5.74) is 0.517. The average Bonchev–Trinajstić information content (AvgIpc) is 3.26. The van der Waals surface area contributed by atoms with Gasteiger partial charge in [-0.25, -0.2) is 0 Å². The number of hydrogen-bond donors (Lipinski definition) is 1. The van der Waals surface area contributed by atoms with Gasteiger partial charge in [0.15, 0.2) is 0 Å². The zero-order valence-electron chi connectivity index (χ0n) is 13.0. The smallest absolute Gasteiger partial charge is 0.260 e. The molecule has 0 aromatic carbocycles. The minimum atomic E-state index is -0.207. The van der Waals surface area contributed by atoms with Crippen LogP contribution in [0.25, 0.3) is 0 Å². The summed E-state index contributed by atoms with van der Waals surface area (Å²) in [6, 6.07) is 0.640. The standard InChI is InChI=1S/C14H19N7OS/c1-19-8-10(7-15-19)12(22)16-13-17-18-14(23-13)21-6-5-20-4-2-3-11(20)9-21/h7-8,11H,2-6,9H2,1H3,(H,16,17,22)/t11-/m0/s1. The number of aromatic nitrogens is 4. The highest BCUT2D eigenvalue weighted by Gasteiger charge is 2.31. The Hall–Kier alpha value is -2.00. The Labute approximate surface area is 138 Å². The van der Waals surface area contributed by atoms with E-state index in [1.807, 2.05) is 0 Å². The number of rotatable bonds is 3. The zero-order chi connectivity index (χ0) is 15.8. The van der Waals surface area contributed by atoms with Gasteiger partial charge in [-0.15, -0.1) is 10.2 Å². The van der Waals surface area contributed by atoms with Crippen molar-refractivity contribution in [1.29, 1.82) is 0 Å². The highest BCUT2D eigenvalue weighted by atomic mass is 32.1. The predicted octanol–water partition coefficient (Wildman–Crippen LogP) is 0.808. The highest BCUT2D eigenvalue weighted by Crippen LogP contribution is 2.29. The van der Waals surface area contributed by atoms with E-state index in [1.54, 1.807) is 17.9 Å². The molecule has 0 bridgehead atoms. The van der Waals surface area contributed by atoms with E-state index in [9.17, 15) is 4.79 Å². The molecule has 0 spiro atoms. The SMILES string of the molecule is Cn1cc(C(=O)Nc2nnc(N3CCN4CCC[C@H]4C3)s2)cn1. The molecule has 23 heavy (non-hydrogen) atoms. The zero-order valence-corrected chi connectivity index (χ0v) is 13.8. The van der Waals surface area contributed by atoms with Crippen LogP contribution >= 0.6 is 11.3 Å². The number of amides is 1. The summed E-state index contributed by atoms with van der Waals surface area (Å²) in [6.07, 6.45) is 5.77. The Balaban J connectivity index is 1.41. The van der Waals surface area contributed by atoms with Gasteiger partial charge in [-0.1, -0.05) is 11.3 Å². The minimum Gasteiger partial charge on any atom is -0.344 e. The summed E-state index contributed by atoms with van der Waals surface area (Å²) < 4.78 is 1.60. The second-order valence-corrected chi connectivity index (χ2v) is 6.98. The van der Waals surface area contributed by atoms with E-state index in [-0.39, 0.29) is 5.91 Å². The molecule has 9 heteroatoms. The largest absolute Gasteiger partial charge is 0.344 e. The number of anilines is 2. The van der Waals surface area contributed by atoms with E-state index >= 15 is 0 Å². The molecule has 4 rings (SSSR count). The molecule has 2 aromatic heterocycles. The first-order chi connectivity index (χ1) is 11.2. The van der Waals surface area contributed by atoms with Crippen LogP contribution in [0.2, 0.25) is 0 Å². The second-order valence-electron chi connectivity index (χ2n) is 6.02. The molecule has 1 atom stereocenters. The number of carbonyl (C=O) groups excluding carboxylic acids is 1. The Morgan fingerprint density at radius 2 is 2.26 bits per heavy atom. The van der Waals surface area contributed by atoms with Crippen molar-refractivity contribution in [3.8, 4) is 0 Å². The molecule has 2 aromatic rings. The summed E-state index contributed by atoms with van der Waals surface area (Å²) >= 11 is 1.43. The molecular formula is C14H19N7OS. The van der Waals surface area contributed by atoms with Crippen LogP contribution in [-0.2, 0) is 7.05 Å². The number of fused-ring (bicyclic) bond motifs is 1. The van der Waals surface area contributed by atoms with Gasteiger partial charge < -0.3 is 4.90 Å². The Morgan fingerprint density at radius 1 is 1.35 bits per heavy atom. The van der Waals surface area contributed by atoms with Gasteiger partial charge >= 0.3 is 0 Å². The maximum atomic E-state index is 12.1. The van der Waals surface area contributed by atoms with Crippen LogP contribution < -0.4 is 10.2 Å². The molecule has 1 amide bonds. The van der Waals surface area contributed by atoms with Crippen molar-refractivity contribution in [3.05, 3.63) is 18.0 Å². The fourth-order valence-corrected chi connectivity index (χ4v) is 4.04. The fourth-order valence-electron chi connectivity index (χ4n) is 3.27. The molecule has 2 aliphatic rings. The van der Waals surface area contributed by atoms with Gasteiger partial charge in [-0.3, -0.25) is 19.7 Å². The maximum Gasteiger partial charge on any atom is 0.260 e. The number of carbonyl (C=O) groups is 1. The lowest BCUT2D eigenvalue weighted by molar-refractivity contribution is 0.102. The maximum absolute atomic E-state index is 12.1. The van der Waals surface area contributed by atoms with Gasteiger partial charge in [0.1, 0.15) is 0 Å². The number of hydrogen-bond acceptors (Lipinski definition) is 7. The molecule has 8 nitrogen and oxygen atoms in total. The van der Waals surface area contributed by atoms with Gasteiger partial charge in [-0.2, -0.15) is 5.10 Å². The third-order valence-electron chi connectivity index (χ3n) is 4.46. The van der Waals surface area contributed by atoms with E-state index in [2.05, 4.69) is 30.4 Å². The first-order valence-electron chi connectivity index (χ1n) is 7.81. The molecule has 0 unspecified atom stereocenters. The topological polar surface area (TPSA) is 79.2 Å². The molecule has 0 radical (unpaired) electrons. The van der Waals surface area contributed by atoms with Crippen molar-refractivity contribution in [1.82, 2.24) is 24.9 Å². The number of nitrogens with zero attached hydrogens (tertiary/aromatic N) is 6. The summed E-state index contributed by atoms with van der Waals surface area (Å²) in [5.74, 6) is -0.207. The van der Waals surface area contributed by atoms with Gasteiger partial charge in [-0.05, 0) is 19.4 Å². The third kappa shape index (κ3) is 2.93. The quantitative estimate of drug-likeness (QED) is 0.895. The molecule has 2 fully saturated rings. The van der Waals surface area contributed by atoms with Gasteiger partial charge in [0.2, 0.25) is 10.3 Å². The van der Waals surface area contributed by atoms with Crippen LogP contribution in [0.5, 0.6) is 0 Å². The molecule has 2 saturated heterocycles. The lowest BCUT2D eigenvalue weighted by Gasteiger charge is -2.37. The van der Waals surface area contributed by atoms with Gasteiger partial charge in [0.25, 0.3) is 5.91 Å². The second kappa shape index (κ2) is 5.89. The highest BCUT2D eigenvalue weighted by molar-refractivity contribution is 7.19. The molecule has 0 saturated carbocycles. The van der Waals surface area contributed by atoms with Gasteiger partial charge in [0.05, 0.1) is 11.8 Å². The van der Waals surface area contributed by atoms with Crippen LogP contribution in [0.15, 0.2) is 12.4 Å². The number of nitrogens with one attached hydrogen (secondary N) is 1. The monoisotopic (exact) mass is 333 g/mol. The van der Waals surface area contributed by atoms with Crippen molar-refractivity contribution in [2.75, 3.05) is 36.4 Å². The Bertz CT molecular complexity index is 712. The fraction of sp³-hybridized carbons (Fsp3) is 0.571. The van der Waals surface area contributed by atoms with E-state index in [0.717, 1.165) is 24.8 Å². The lowest BCUT2D eigenvalue weighted by Crippen LogP contribution is -2.50. The molecule has 4 heterocycles. The van der Waals surface area contributed by atoms with E-state index in [0.29, 0.717) is 16.7 Å². The van der Waals surface area contributed by atoms with Crippen molar-refractivity contribution in [2.45, 2.75) is 18.9 Å². The van der Waals surface area contributed by atoms with Crippen molar-refractivity contribution < 1.29 is 4.79 Å². The van der Waals surface area contributed by atoms with E-state index in [4.69, 9.17) is 0 Å². The van der Waals surface area contributed by atoms with E-state index < -0.39 is 0 Å². The number of piperazine rings is 1. The van der Waals surface area contributed by atoms with Crippen molar-refractivity contribution in [2.24, 2.45) is 7.05 Å².